The molecule has 1 aromatic rings. The number of benzene rings is 1. The van der Waals surface area contributed by atoms with Crippen LogP contribution >= 0.6 is 0 Å². The summed E-state index contributed by atoms with van der Waals surface area (Å²) in [6, 6.07) is 11.3. The summed E-state index contributed by atoms with van der Waals surface area (Å²) in [7, 11) is -3.28. The second-order valence-corrected chi connectivity index (χ2v) is 19.6. The molecule has 0 radical (unpaired) electrons. The maximum Gasteiger partial charge on any atom is 0.149 e. The molecule has 23 heavy (non-hydrogen) atoms. The summed E-state index contributed by atoms with van der Waals surface area (Å²) in [6.45, 7) is 24.9. The van der Waals surface area contributed by atoms with Crippen molar-refractivity contribution in [1.29, 1.82) is 0 Å². The van der Waals surface area contributed by atoms with Gasteiger partial charge in [0.15, 0.2) is 0 Å². The Bertz CT molecular complexity index is 438. The fraction of sp³-hybridized carbons (Fsp3) is 0.700. The quantitative estimate of drug-likeness (QED) is 0.467. The second-order valence-electron chi connectivity index (χ2n) is 8.74. The van der Waals surface area contributed by atoms with Crippen molar-refractivity contribution in [1.82, 2.24) is 0 Å². The van der Waals surface area contributed by atoms with Gasteiger partial charge in [-0.05, 0) is 34.3 Å². The third-order valence-corrected chi connectivity index (χ3v) is 21.3. The van der Waals surface area contributed by atoms with Crippen molar-refractivity contribution in [3.8, 4) is 0 Å². The lowest BCUT2D eigenvalue weighted by Gasteiger charge is -2.58. The molecule has 0 saturated heterocycles. The van der Waals surface area contributed by atoms with Gasteiger partial charge in [0.1, 0.15) is 16.5 Å². The smallest absolute Gasteiger partial charge is 0.149 e. The van der Waals surface area contributed by atoms with Crippen LogP contribution in [0.1, 0.15) is 55.4 Å². The van der Waals surface area contributed by atoms with Gasteiger partial charge in [-0.15, -0.1) is 0 Å². The van der Waals surface area contributed by atoms with E-state index in [2.05, 4.69) is 103 Å². The molecule has 1 nitrogen and oxygen atoms in total. The molecule has 0 amide bonds. The van der Waals surface area contributed by atoms with E-state index in [4.69, 9.17) is 0 Å². The third kappa shape index (κ3) is 3.61. The Balaban J connectivity index is 3.69. The molecule has 0 aliphatic heterocycles. The molecule has 3 heteroatoms. The Labute approximate surface area is 147 Å². The van der Waals surface area contributed by atoms with Crippen molar-refractivity contribution in [3.63, 3.8) is 0 Å². The SMILES string of the molecule is CC(C)[Si](C)(C(C)C)N(c1ccccc1)[Si](C)(C(C)C)C(C)C. The zero-order valence-electron chi connectivity index (χ0n) is 17.1. The Morgan fingerprint density at radius 1 is 0.609 bits per heavy atom. The molecule has 0 heterocycles. The van der Waals surface area contributed by atoms with Crippen molar-refractivity contribution in [2.45, 2.75) is 90.6 Å². The van der Waals surface area contributed by atoms with Crippen molar-refractivity contribution >= 4 is 22.2 Å². The van der Waals surface area contributed by atoms with Crippen molar-refractivity contribution in [2.24, 2.45) is 0 Å². The minimum absolute atomic E-state index is 0.743. The molecule has 0 N–H and O–H groups in total. The Hall–Kier alpha value is -0.546. The largest absolute Gasteiger partial charge is 0.423 e. The van der Waals surface area contributed by atoms with Gasteiger partial charge in [-0.3, -0.25) is 0 Å². The van der Waals surface area contributed by atoms with E-state index in [-0.39, 0.29) is 0 Å². The standard InChI is InChI=1S/C20H39NSi2/c1-16(2)22(9,17(3)4)21(20-14-12-11-13-15-20)23(10,18(5)6)19(7)8/h11-19H,1-10H3. The number of rotatable bonds is 7. The van der Waals surface area contributed by atoms with Gasteiger partial charge >= 0.3 is 0 Å². The van der Waals surface area contributed by atoms with Crippen LogP contribution in [-0.4, -0.2) is 16.5 Å². The Morgan fingerprint density at radius 2 is 0.913 bits per heavy atom. The van der Waals surface area contributed by atoms with Crippen LogP contribution in [0.5, 0.6) is 0 Å². The molecular formula is C20H39NSi2. The number of nitrogens with zero attached hydrogens (tertiary/aromatic N) is 1. The minimum Gasteiger partial charge on any atom is -0.423 e. The number of anilines is 1. The predicted octanol–water partition coefficient (Wildman–Crippen LogP) is 7.28. The van der Waals surface area contributed by atoms with E-state index in [0.717, 1.165) is 22.2 Å². The van der Waals surface area contributed by atoms with Crippen LogP contribution in [0.2, 0.25) is 35.3 Å². The van der Waals surface area contributed by atoms with Gasteiger partial charge in [0.2, 0.25) is 0 Å². The van der Waals surface area contributed by atoms with E-state index in [1.807, 2.05) is 0 Å². The average Bonchev–Trinajstić information content (AvgIpc) is 2.47. The highest BCUT2D eigenvalue weighted by Crippen LogP contribution is 2.47. The van der Waals surface area contributed by atoms with Gasteiger partial charge in [0, 0.05) is 5.69 Å². The molecule has 0 spiro atoms. The molecule has 0 saturated carbocycles. The Kier molecular flexibility index (Phi) is 6.74. The predicted molar refractivity (Wildman–Crippen MR) is 113 cm³/mol. The number of hydrogen-bond acceptors (Lipinski definition) is 1. The van der Waals surface area contributed by atoms with Gasteiger partial charge in [-0.25, -0.2) is 0 Å². The fourth-order valence-corrected chi connectivity index (χ4v) is 17.4. The van der Waals surface area contributed by atoms with Gasteiger partial charge < -0.3 is 4.23 Å². The normalized spacial score (nSPS) is 13.5. The van der Waals surface area contributed by atoms with Crippen LogP contribution in [0.3, 0.4) is 0 Å². The van der Waals surface area contributed by atoms with Gasteiger partial charge in [-0.2, -0.15) is 0 Å². The average molecular weight is 350 g/mol. The monoisotopic (exact) mass is 349 g/mol. The van der Waals surface area contributed by atoms with Crippen LogP contribution in [0.15, 0.2) is 30.3 Å². The maximum atomic E-state index is 3.03. The highest BCUT2D eigenvalue weighted by molar-refractivity contribution is 7.03. The summed E-state index contributed by atoms with van der Waals surface area (Å²) in [5, 5.41) is 0. The highest BCUT2D eigenvalue weighted by Gasteiger charge is 2.52. The molecule has 0 atom stereocenters. The lowest BCUT2D eigenvalue weighted by molar-refractivity contribution is 0.846. The first-order valence-electron chi connectivity index (χ1n) is 9.36. The van der Waals surface area contributed by atoms with E-state index in [1.54, 1.807) is 0 Å². The molecule has 0 aromatic heterocycles. The van der Waals surface area contributed by atoms with Gasteiger partial charge in [-0.1, -0.05) is 86.7 Å². The number of para-hydroxylation sites is 1. The van der Waals surface area contributed by atoms with Gasteiger partial charge in [0.05, 0.1) is 0 Å². The van der Waals surface area contributed by atoms with Crippen LogP contribution < -0.4 is 4.23 Å². The van der Waals surface area contributed by atoms with Crippen LogP contribution in [0.4, 0.5) is 5.69 Å². The third-order valence-electron chi connectivity index (χ3n) is 6.65. The topological polar surface area (TPSA) is 3.24 Å². The summed E-state index contributed by atoms with van der Waals surface area (Å²) >= 11 is 0. The molecule has 0 aliphatic carbocycles. The van der Waals surface area contributed by atoms with E-state index in [1.165, 1.54) is 5.69 Å². The summed E-state index contributed by atoms with van der Waals surface area (Å²) in [5.41, 5.74) is 4.44. The second kappa shape index (κ2) is 7.56. The lowest BCUT2D eigenvalue weighted by atomic mass is 10.3. The van der Waals surface area contributed by atoms with Crippen molar-refractivity contribution < 1.29 is 0 Å². The first-order valence-corrected chi connectivity index (χ1v) is 14.6. The molecular weight excluding hydrogens is 310 g/mol. The maximum absolute atomic E-state index is 3.03. The molecule has 0 fully saturated rings. The van der Waals surface area contributed by atoms with Crippen LogP contribution in [0, 0.1) is 0 Å². The van der Waals surface area contributed by atoms with Crippen molar-refractivity contribution in [2.75, 3.05) is 4.23 Å². The van der Waals surface area contributed by atoms with Crippen molar-refractivity contribution in [3.05, 3.63) is 30.3 Å². The lowest BCUT2D eigenvalue weighted by Crippen LogP contribution is -2.70. The highest BCUT2D eigenvalue weighted by atomic mass is 28.4. The van der Waals surface area contributed by atoms with E-state index < -0.39 is 16.5 Å². The molecule has 0 unspecified atom stereocenters. The van der Waals surface area contributed by atoms with Gasteiger partial charge in [0.25, 0.3) is 0 Å². The zero-order valence-corrected chi connectivity index (χ0v) is 19.1. The molecule has 132 valence electrons. The fourth-order valence-electron chi connectivity index (χ4n) is 4.02. The van der Waals surface area contributed by atoms with E-state index >= 15 is 0 Å². The first-order chi connectivity index (χ1) is 10.5. The molecule has 0 aliphatic rings. The summed E-state index contributed by atoms with van der Waals surface area (Å²) < 4.78 is 3.03. The van der Waals surface area contributed by atoms with Crippen LogP contribution in [-0.2, 0) is 0 Å². The number of hydrogen-bond donors (Lipinski definition) is 0. The van der Waals surface area contributed by atoms with E-state index in [9.17, 15) is 0 Å². The molecule has 1 aromatic carbocycles. The summed E-state index contributed by atoms with van der Waals surface area (Å²) in [5.74, 6) is 0. The Morgan fingerprint density at radius 3 is 1.17 bits per heavy atom. The van der Waals surface area contributed by atoms with Crippen LogP contribution in [0.25, 0.3) is 0 Å². The summed E-state index contributed by atoms with van der Waals surface area (Å²) in [6.07, 6.45) is 0. The molecule has 1 rings (SSSR count). The zero-order chi connectivity index (χ0) is 18.0. The summed E-state index contributed by atoms with van der Waals surface area (Å²) in [4.78, 5) is 0. The van der Waals surface area contributed by atoms with E-state index in [0.29, 0.717) is 0 Å². The molecule has 0 bridgehead atoms. The first kappa shape index (κ1) is 20.5. The minimum atomic E-state index is -1.64.